The predicted octanol–water partition coefficient (Wildman–Crippen LogP) is 0.475. The van der Waals surface area contributed by atoms with Crippen molar-refractivity contribution in [2.45, 2.75) is 19.9 Å². The first-order valence-electron chi connectivity index (χ1n) is 3.99. The molecule has 1 heterocycles. The van der Waals surface area contributed by atoms with Gasteiger partial charge in [-0.2, -0.15) is 0 Å². The number of hydrogen-bond acceptors (Lipinski definition) is 5. The van der Waals surface area contributed by atoms with Gasteiger partial charge >= 0.3 is 0 Å². The largest absolute Gasteiger partial charge is 0.314 e. The van der Waals surface area contributed by atoms with Crippen molar-refractivity contribution >= 4 is 22.4 Å². The number of nitrogens with zero attached hydrogens (tertiary/aromatic N) is 2. The van der Waals surface area contributed by atoms with Crippen molar-refractivity contribution in [1.82, 2.24) is 14.9 Å². The molecule has 1 aromatic heterocycles. The summed E-state index contributed by atoms with van der Waals surface area (Å²) < 4.78 is 3.63. The van der Waals surface area contributed by atoms with Crippen LogP contribution in [0.5, 0.6) is 0 Å². The molecule has 0 atom stereocenters. The second-order valence-electron chi connectivity index (χ2n) is 2.87. The molecule has 72 valence electrons. The topological polar surface area (TPSA) is 66.9 Å². The van der Waals surface area contributed by atoms with Crippen LogP contribution in [0, 0.1) is 0 Å². The van der Waals surface area contributed by atoms with E-state index in [-0.39, 0.29) is 5.91 Å². The summed E-state index contributed by atoms with van der Waals surface area (Å²) in [6.07, 6.45) is 1.53. The van der Waals surface area contributed by atoms with Gasteiger partial charge in [-0.15, -0.1) is 5.10 Å². The van der Waals surface area contributed by atoms with E-state index >= 15 is 0 Å². The highest BCUT2D eigenvalue weighted by Gasteiger charge is 2.03. The summed E-state index contributed by atoms with van der Waals surface area (Å²) >= 11 is 1.16. The van der Waals surface area contributed by atoms with Gasteiger partial charge in [0, 0.05) is 17.6 Å². The van der Waals surface area contributed by atoms with Crippen LogP contribution in [0.1, 0.15) is 13.8 Å². The summed E-state index contributed by atoms with van der Waals surface area (Å²) in [5.41, 5.74) is 0. The Bertz CT molecular complexity index is 259. The summed E-state index contributed by atoms with van der Waals surface area (Å²) in [6.45, 7) is 4.29. The molecule has 0 unspecified atom stereocenters. The number of anilines is 1. The molecule has 1 aromatic rings. The van der Waals surface area contributed by atoms with Gasteiger partial charge in [0.15, 0.2) is 0 Å². The lowest BCUT2D eigenvalue weighted by Crippen LogP contribution is -2.32. The molecule has 0 radical (unpaired) electrons. The molecule has 0 fully saturated rings. The Morgan fingerprint density at radius 2 is 2.46 bits per heavy atom. The minimum absolute atomic E-state index is 0.0697. The molecular weight excluding hydrogens is 188 g/mol. The van der Waals surface area contributed by atoms with Crippen molar-refractivity contribution in [2.24, 2.45) is 0 Å². The molecule has 5 nitrogen and oxygen atoms in total. The Kier molecular flexibility index (Phi) is 3.78. The lowest BCUT2D eigenvalue weighted by Gasteiger charge is -2.06. The first kappa shape index (κ1) is 10.1. The van der Waals surface area contributed by atoms with Crippen LogP contribution in [0.25, 0.3) is 0 Å². The Labute approximate surface area is 80.7 Å². The Morgan fingerprint density at radius 3 is 3.00 bits per heavy atom. The van der Waals surface area contributed by atoms with E-state index in [0.717, 1.165) is 11.5 Å². The molecule has 0 bridgehead atoms. The van der Waals surface area contributed by atoms with E-state index in [1.165, 1.54) is 6.20 Å². The highest BCUT2D eigenvalue weighted by Crippen LogP contribution is 2.07. The fourth-order valence-electron chi connectivity index (χ4n) is 0.701. The van der Waals surface area contributed by atoms with Gasteiger partial charge in [-0.3, -0.25) is 4.79 Å². The van der Waals surface area contributed by atoms with Gasteiger partial charge in [-0.1, -0.05) is 18.3 Å². The fourth-order valence-corrected chi connectivity index (χ4v) is 1.14. The van der Waals surface area contributed by atoms with Crippen molar-refractivity contribution in [3.8, 4) is 0 Å². The minimum atomic E-state index is -0.0697. The van der Waals surface area contributed by atoms with Crippen molar-refractivity contribution in [3.05, 3.63) is 6.20 Å². The third kappa shape index (κ3) is 3.95. The number of amides is 1. The van der Waals surface area contributed by atoms with Gasteiger partial charge in [0.1, 0.15) is 5.00 Å². The van der Waals surface area contributed by atoms with Gasteiger partial charge < -0.3 is 10.6 Å². The molecule has 0 aliphatic heterocycles. The average Bonchev–Trinajstić information content (AvgIpc) is 2.53. The molecule has 0 aromatic carbocycles. The van der Waals surface area contributed by atoms with Gasteiger partial charge in [-0.25, -0.2) is 0 Å². The summed E-state index contributed by atoms with van der Waals surface area (Å²) in [7, 11) is 0. The Balaban J connectivity index is 2.26. The van der Waals surface area contributed by atoms with Crippen molar-refractivity contribution in [2.75, 3.05) is 11.9 Å². The Hall–Kier alpha value is -1.01. The van der Waals surface area contributed by atoms with Crippen LogP contribution in [0.2, 0.25) is 0 Å². The average molecular weight is 200 g/mol. The van der Waals surface area contributed by atoms with E-state index in [0.29, 0.717) is 17.6 Å². The maximum Gasteiger partial charge on any atom is 0.239 e. The molecule has 13 heavy (non-hydrogen) atoms. The lowest BCUT2D eigenvalue weighted by molar-refractivity contribution is -0.115. The normalized spacial score (nSPS) is 10.4. The zero-order valence-electron chi connectivity index (χ0n) is 7.57. The lowest BCUT2D eigenvalue weighted by atomic mass is 10.4. The van der Waals surface area contributed by atoms with E-state index in [1.54, 1.807) is 0 Å². The number of carbonyl (C=O) groups is 1. The van der Waals surface area contributed by atoms with Crippen molar-refractivity contribution < 1.29 is 4.79 Å². The summed E-state index contributed by atoms with van der Waals surface area (Å²) in [5.74, 6) is -0.0697. The van der Waals surface area contributed by atoms with Crippen LogP contribution in [0.3, 0.4) is 0 Å². The standard InChI is InChI=1S/C7H12N4OS/c1-5(2)8-3-6(12)10-7-4-9-11-13-7/h4-5,8H,3H2,1-2H3,(H,10,12). The van der Waals surface area contributed by atoms with E-state index < -0.39 is 0 Å². The highest BCUT2D eigenvalue weighted by molar-refractivity contribution is 7.10. The van der Waals surface area contributed by atoms with E-state index in [2.05, 4.69) is 20.2 Å². The number of carbonyl (C=O) groups excluding carboxylic acids is 1. The minimum Gasteiger partial charge on any atom is -0.314 e. The zero-order valence-corrected chi connectivity index (χ0v) is 8.39. The molecular formula is C7H12N4OS. The molecule has 0 saturated heterocycles. The maximum atomic E-state index is 11.2. The van der Waals surface area contributed by atoms with E-state index in [1.807, 2.05) is 13.8 Å². The number of nitrogens with one attached hydrogen (secondary N) is 2. The van der Waals surface area contributed by atoms with E-state index in [9.17, 15) is 4.79 Å². The van der Waals surface area contributed by atoms with Crippen LogP contribution in [-0.4, -0.2) is 28.1 Å². The van der Waals surface area contributed by atoms with Crippen molar-refractivity contribution in [1.29, 1.82) is 0 Å². The smallest absolute Gasteiger partial charge is 0.239 e. The van der Waals surface area contributed by atoms with Gasteiger partial charge in [0.25, 0.3) is 0 Å². The maximum absolute atomic E-state index is 11.2. The summed E-state index contributed by atoms with van der Waals surface area (Å²) in [4.78, 5) is 11.2. The molecule has 0 aliphatic carbocycles. The van der Waals surface area contributed by atoms with Crippen LogP contribution in [0.4, 0.5) is 5.00 Å². The number of rotatable bonds is 4. The van der Waals surface area contributed by atoms with Gasteiger partial charge in [0.2, 0.25) is 5.91 Å². The SMILES string of the molecule is CC(C)NCC(=O)Nc1cnns1. The predicted molar refractivity (Wildman–Crippen MR) is 51.7 cm³/mol. The van der Waals surface area contributed by atoms with Crippen LogP contribution in [-0.2, 0) is 4.79 Å². The number of aromatic nitrogens is 2. The summed E-state index contributed by atoms with van der Waals surface area (Å²) in [6, 6.07) is 0.310. The van der Waals surface area contributed by atoms with Gasteiger partial charge in [0.05, 0.1) is 12.7 Å². The quantitative estimate of drug-likeness (QED) is 0.741. The fraction of sp³-hybridized carbons (Fsp3) is 0.571. The highest BCUT2D eigenvalue weighted by atomic mass is 32.1. The molecule has 1 rings (SSSR count). The molecule has 6 heteroatoms. The molecule has 2 N–H and O–H groups in total. The molecule has 1 amide bonds. The monoisotopic (exact) mass is 200 g/mol. The molecule has 0 saturated carbocycles. The zero-order chi connectivity index (χ0) is 9.68. The van der Waals surface area contributed by atoms with Crippen LogP contribution < -0.4 is 10.6 Å². The second kappa shape index (κ2) is 4.88. The van der Waals surface area contributed by atoms with Crippen LogP contribution in [0.15, 0.2) is 6.20 Å². The number of hydrogen-bond donors (Lipinski definition) is 2. The third-order valence-electron chi connectivity index (χ3n) is 1.29. The molecule has 0 aliphatic rings. The van der Waals surface area contributed by atoms with Crippen LogP contribution >= 0.6 is 11.5 Å². The van der Waals surface area contributed by atoms with Gasteiger partial charge in [-0.05, 0) is 0 Å². The third-order valence-corrected chi connectivity index (χ3v) is 1.87. The summed E-state index contributed by atoms with van der Waals surface area (Å²) in [5, 5.41) is 9.96. The second-order valence-corrected chi connectivity index (χ2v) is 3.65. The van der Waals surface area contributed by atoms with E-state index in [4.69, 9.17) is 0 Å². The van der Waals surface area contributed by atoms with Crippen molar-refractivity contribution in [3.63, 3.8) is 0 Å². The first-order valence-corrected chi connectivity index (χ1v) is 4.76. The first-order chi connectivity index (χ1) is 6.18. The Morgan fingerprint density at radius 1 is 1.69 bits per heavy atom. The molecule has 0 spiro atoms.